The Labute approximate surface area is 194 Å². The summed E-state index contributed by atoms with van der Waals surface area (Å²) < 4.78 is 10.8. The van der Waals surface area contributed by atoms with Gasteiger partial charge in [-0.1, -0.05) is 30.5 Å². The first-order valence-corrected chi connectivity index (χ1v) is 11.9. The van der Waals surface area contributed by atoms with E-state index in [4.69, 9.17) is 9.47 Å². The van der Waals surface area contributed by atoms with Crippen molar-refractivity contribution in [1.82, 2.24) is 9.80 Å². The minimum Gasteiger partial charge on any atom is -0.454 e. The standard InChI is InChI=1S/C26H31N3O4/c1-18-6-8-20(9-7-18)26(31)29-14-12-28(13-15-29)24(19-4-2-3-5-19)25(30)27-21-10-11-22-23(16-21)33-17-32-22/h6-11,16,19,24H,2-5,12-15,17H2,1H3,(H,27,30)/t24-/m1/s1. The lowest BCUT2D eigenvalue weighted by Crippen LogP contribution is -2.56. The molecule has 0 unspecified atom stereocenters. The highest BCUT2D eigenvalue weighted by molar-refractivity contribution is 5.96. The van der Waals surface area contributed by atoms with E-state index >= 15 is 0 Å². The highest BCUT2D eigenvalue weighted by atomic mass is 16.7. The molecule has 174 valence electrons. The van der Waals surface area contributed by atoms with Crippen LogP contribution >= 0.6 is 0 Å². The van der Waals surface area contributed by atoms with Gasteiger partial charge in [-0.25, -0.2) is 0 Å². The van der Waals surface area contributed by atoms with Crippen molar-refractivity contribution in [3.63, 3.8) is 0 Å². The van der Waals surface area contributed by atoms with Gasteiger partial charge in [0, 0.05) is 43.5 Å². The monoisotopic (exact) mass is 449 g/mol. The molecule has 1 saturated carbocycles. The quantitative estimate of drug-likeness (QED) is 0.754. The van der Waals surface area contributed by atoms with Crippen LogP contribution in [0.1, 0.15) is 41.6 Å². The van der Waals surface area contributed by atoms with E-state index in [1.54, 1.807) is 0 Å². The summed E-state index contributed by atoms with van der Waals surface area (Å²) in [6.45, 7) is 4.90. The van der Waals surface area contributed by atoms with Crippen molar-refractivity contribution in [2.45, 2.75) is 38.6 Å². The molecule has 2 aromatic rings. The topological polar surface area (TPSA) is 71.1 Å². The Bertz CT molecular complexity index is 1010. The molecule has 7 nitrogen and oxygen atoms in total. The van der Waals surface area contributed by atoms with Crippen molar-refractivity contribution >= 4 is 17.5 Å². The van der Waals surface area contributed by atoms with Gasteiger partial charge in [0.1, 0.15) is 0 Å². The highest BCUT2D eigenvalue weighted by Gasteiger charge is 2.37. The minimum atomic E-state index is -0.186. The molecule has 1 aliphatic carbocycles. The van der Waals surface area contributed by atoms with Gasteiger partial charge < -0.3 is 19.7 Å². The second-order valence-corrected chi connectivity index (χ2v) is 9.24. The molecule has 2 aliphatic heterocycles. The maximum atomic E-state index is 13.5. The van der Waals surface area contributed by atoms with Crippen LogP contribution in [0.15, 0.2) is 42.5 Å². The van der Waals surface area contributed by atoms with E-state index in [2.05, 4.69) is 10.2 Å². The number of fused-ring (bicyclic) bond motifs is 1. The van der Waals surface area contributed by atoms with Crippen LogP contribution in [-0.4, -0.2) is 60.6 Å². The van der Waals surface area contributed by atoms with Crippen molar-refractivity contribution in [3.8, 4) is 11.5 Å². The molecule has 1 atom stereocenters. The van der Waals surface area contributed by atoms with E-state index in [1.165, 1.54) is 12.8 Å². The Kier molecular flexibility index (Phi) is 6.22. The lowest BCUT2D eigenvalue weighted by atomic mass is 9.94. The normalized spacial score (nSPS) is 19.5. The number of benzene rings is 2. The fourth-order valence-corrected chi connectivity index (χ4v) is 5.22. The summed E-state index contributed by atoms with van der Waals surface area (Å²) in [7, 11) is 0. The second kappa shape index (κ2) is 9.43. The second-order valence-electron chi connectivity index (χ2n) is 9.24. The molecule has 1 saturated heterocycles. The molecule has 1 N–H and O–H groups in total. The summed E-state index contributed by atoms with van der Waals surface area (Å²) in [5.74, 6) is 1.80. The molecular weight excluding hydrogens is 418 g/mol. The average molecular weight is 450 g/mol. The summed E-state index contributed by atoms with van der Waals surface area (Å²) >= 11 is 0. The summed E-state index contributed by atoms with van der Waals surface area (Å²) in [4.78, 5) is 30.6. The number of amides is 2. The zero-order valence-electron chi connectivity index (χ0n) is 19.1. The number of piperazine rings is 1. The van der Waals surface area contributed by atoms with Crippen molar-refractivity contribution in [2.75, 3.05) is 38.3 Å². The van der Waals surface area contributed by atoms with Crippen LogP contribution in [0, 0.1) is 12.8 Å². The smallest absolute Gasteiger partial charge is 0.253 e. The lowest BCUT2D eigenvalue weighted by Gasteiger charge is -2.40. The van der Waals surface area contributed by atoms with E-state index < -0.39 is 0 Å². The van der Waals surface area contributed by atoms with Crippen LogP contribution in [0.2, 0.25) is 0 Å². The predicted molar refractivity (Wildman–Crippen MR) is 126 cm³/mol. The van der Waals surface area contributed by atoms with Gasteiger partial charge in [-0.2, -0.15) is 0 Å². The van der Waals surface area contributed by atoms with Gasteiger partial charge in [-0.15, -0.1) is 0 Å². The zero-order chi connectivity index (χ0) is 22.8. The number of carbonyl (C=O) groups excluding carboxylic acids is 2. The molecular formula is C26H31N3O4. The van der Waals surface area contributed by atoms with Crippen LogP contribution in [0.5, 0.6) is 11.5 Å². The molecule has 3 aliphatic rings. The molecule has 33 heavy (non-hydrogen) atoms. The Morgan fingerprint density at radius 3 is 2.36 bits per heavy atom. The third-order valence-corrected chi connectivity index (χ3v) is 7.05. The fraction of sp³-hybridized carbons (Fsp3) is 0.462. The third-order valence-electron chi connectivity index (χ3n) is 7.05. The Morgan fingerprint density at radius 1 is 0.939 bits per heavy atom. The number of rotatable bonds is 5. The highest BCUT2D eigenvalue weighted by Crippen LogP contribution is 2.35. The largest absolute Gasteiger partial charge is 0.454 e. The molecule has 0 aromatic heterocycles. The summed E-state index contributed by atoms with van der Waals surface area (Å²) in [5.41, 5.74) is 2.59. The van der Waals surface area contributed by atoms with Crippen molar-refractivity contribution < 1.29 is 19.1 Å². The van der Waals surface area contributed by atoms with Crippen molar-refractivity contribution in [3.05, 3.63) is 53.6 Å². The molecule has 2 aromatic carbocycles. The minimum absolute atomic E-state index is 0.0269. The summed E-state index contributed by atoms with van der Waals surface area (Å²) in [6, 6.07) is 13.1. The van der Waals surface area contributed by atoms with E-state index in [-0.39, 0.29) is 24.6 Å². The Morgan fingerprint density at radius 2 is 1.64 bits per heavy atom. The van der Waals surface area contributed by atoms with Crippen LogP contribution in [-0.2, 0) is 4.79 Å². The number of ether oxygens (including phenoxy) is 2. The van der Waals surface area contributed by atoms with E-state index in [9.17, 15) is 9.59 Å². The predicted octanol–water partition coefficient (Wildman–Crippen LogP) is 3.68. The van der Waals surface area contributed by atoms with E-state index in [0.717, 1.165) is 29.7 Å². The first-order chi connectivity index (χ1) is 16.1. The van der Waals surface area contributed by atoms with Crippen molar-refractivity contribution in [1.29, 1.82) is 0 Å². The summed E-state index contributed by atoms with van der Waals surface area (Å²) in [5, 5.41) is 3.11. The van der Waals surface area contributed by atoms with E-state index in [0.29, 0.717) is 43.6 Å². The number of hydrogen-bond donors (Lipinski definition) is 1. The third kappa shape index (κ3) is 4.69. The number of anilines is 1. The lowest BCUT2D eigenvalue weighted by molar-refractivity contribution is -0.123. The Balaban J connectivity index is 1.26. The van der Waals surface area contributed by atoms with Gasteiger partial charge in [0.05, 0.1) is 6.04 Å². The van der Waals surface area contributed by atoms with Gasteiger partial charge in [-0.3, -0.25) is 14.5 Å². The first-order valence-electron chi connectivity index (χ1n) is 11.9. The van der Waals surface area contributed by atoms with Gasteiger partial charge in [0.25, 0.3) is 5.91 Å². The number of aryl methyl sites for hydroxylation is 1. The molecule has 5 rings (SSSR count). The molecule has 0 spiro atoms. The number of nitrogens with one attached hydrogen (secondary N) is 1. The molecule has 2 heterocycles. The van der Waals surface area contributed by atoms with Crippen LogP contribution in [0.3, 0.4) is 0 Å². The van der Waals surface area contributed by atoms with Crippen LogP contribution in [0.25, 0.3) is 0 Å². The van der Waals surface area contributed by atoms with Gasteiger partial charge in [0.2, 0.25) is 12.7 Å². The molecule has 2 fully saturated rings. The number of nitrogens with zero attached hydrogens (tertiary/aromatic N) is 2. The van der Waals surface area contributed by atoms with Crippen LogP contribution in [0.4, 0.5) is 5.69 Å². The molecule has 0 bridgehead atoms. The molecule has 2 amide bonds. The van der Waals surface area contributed by atoms with E-state index in [1.807, 2.05) is 54.3 Å². The Hall–Kier alpha value is -3.06. The average Bonchev–Trinajstić information content (AvgIpc) is 3.52. The van der Waals surface area contributed by atoms with Crippen LogP contribution < -0.4 is 14.8 Å². The zero-order valence-corrected chi connectivity index (χ0v) is 19.1. The SMILES string of the molecule is Cc1ccc(C(=O)N2CCN([C@@H](C(=O)Nc3ccc4c(c3)OCO4)C3CCCC3)CC2)cc1. The van der Waals surface area contributed by atoms with Gasteiger partial charge in [0.15, 0.2) is 11.5 Å². The number of carbonyl (C=O) groups is 2. The first kappa shape index (κ1) is 21.8. The fourth-order valence-electron chi connectivity index (χ4n) is 5.22. The maximum Gasteiger partial charge on any atom is 0.253 e. The number of hydrogen-bond acceptors (Lipinski definition) is 5. The molecule has 7 heteroatoms. The molecule has 0 radical (unpaired) electrons. The summed E-state index contributed by atoms with van der Waals surface area (Å²) in [6.07, 6.45) is 4.48. The van der Waals surface area contributed by atoms with Gasteiger partial charge in [-0.05, 0) is 49.9 Å². The maximum absolute atomic E-state index is 13.5. The van der Waals surface area contributed by atoms with Gasteiger partial charge >= 0.3 is 0 Å². The van der Waals surface area contributed by atoms with Crippen molar-refractivity contribution in [2.24, 2.45) is 5.92 Å².